The molecule has 2 rings (SSSR count). The maximum absolute atomic E-state index is 12.1. The maximum Gasteiger partial charge on any atom is 0.338 e. The summed E-state index contributed by atoms with van der Waals surface area (Å²) in [6, 6.07) is 11.6. The van der Waals surface area contributed by atoms with Crippen LogP contribution in [0.15, 0.2) is 46.9 Å². The van der Waals surface area contributed by atoms with Gasteiger partial charge in [-0.1, -0.05) is 23.7 Å². The van der Waals surface area contributed by atoms with Gasteiger partial charge in [0.05, 0.1) is 27.9 Å². The molecule has 0 aliphatic heterocycles. The highest BCUT2D eigenvalue weighted by molar-refractivity contribution is 9.10. The van der Waals surface area contributed by atoms with Crippen LogP contribution in [0.2, 0.25) is 5.02 Å². The van der Waals surface area contributed by atoms with Crippen molar-refractivity contribution in [3.8, 4) is 5.75 Å². The number of hydrogen-bond donors (Lipinski definition) is 1. The molecular formula is C17H15BrClNO4. The van der Waals surface area contributed by atoms with E-state index in [2.05, 4.69) is 21.2 Å². The van der Waals surface area contributed by atoms with E-state index in [1.807, 2.05) is 0 Å². The quantitative estimate of drug-likeness (QED) is 0.744. The SMILES string of the molecule is COc1ccc(C(=O)O[C@@H](C)C(=O)Nc2ccccc2Cl)cc1Br. The zero-order chi connectivity index (χ0) is 17.7. The van der Waals surface area contributed by atoms with Gasteiger partial charge in [0.2, 0.25) is 0 Å². The van der Waals surface area contributed by atoms with Crippen molar-refractivity contribution in [2.75, 3.05) is 12.4 Å². The molecule has 0 bridgehead atoms. The Morgan fingerprint density at radius 2 is 1.92 bits per heavy atom. The van der Waals surface area contributed by atoms with Crippen molar-refractivity contribution in [2.24, 2.45) is 0 Å². The predicted molar refractivity (Wildman–Crippen MR) is 95.7 cm³/mol. The van der Waals surface area contributed by atoms with Crippen molar-refractivity contribution < 1.29 is 19.1 Å². The van der Waals surface area contributed by atoms with E-state index in [4.69, 9.17) is 21.1 Å². The minimum Gasteiger partial charge on any atom is -0.496 e. The standard InChI is InChI=1S/C17H15BrClNO4/c1-10(16(21)20-14-6-4-3-5-13(14)19)24-17(22)11-7-8-15(23-2)12(18)9-11/h3-10H,1-2H3,(H,20,21)/t10-/m0/s1. The van der Waals surface area contributed by atoms with Crippen LogP contribution in [-0.2, 0) is 9.53 Å². The third-order valence-electron chi connectivity index (χ3n) is 3.17. The lowest BCUT2D eigenvalue weighted by Crippen LogP contribution is -2.30. The number of para-hydroxylation sites is 1. The number of ether oxygens (including phenoxy) is 2. The molecule has 5 nitrogen and oxygen atoms in total. The highest BCUT2D eigenvalue weighted by Gasteiger charge is 2.20. The molecule has 1 N–H and O–H groups in total. The van der Waals surface area contributed by atoms with Gasteiger partial charge in [-0.25, -0.2) is 4.79 Å². The smallest absolute Gasteiger partial charge is 0.338 e. The highest BCUT2D eigenvalue weighted by Crippen LogP contribution is 2.26. The molecule has 0 aliphatic rings. The number of anilines is 1. The Morgan fingerprint density at radius 1 is 1.21 bits per heavy atom. The van der Waals surface area contributed by atoms with Gasteiger partial charge in [-0.2, -0.15) is 0 Å². The van der Waals surface area contributed by atoms with Crippen molar-refractivity contribution in [3.63, 3.8) is 0 Å². The first-order valence-electron chi connectivity index (χ1n) is 7.02. The molecule has 0 spiro atoms. The van der Waals surface area contributed by atoms with Crippen molar-refractivity contribution in [2.45, 2.75) is 13.0 Å². The van der Waals surface area contributed by atoms with Crippen molar-refractivity contribution in [3.05, 3.63) is 57.5 Å². The van der Waals surface area contributed by atoms with E-state index in [9.17, 15) is 9.59 Å². The molecule has 1 amide bonds. The van der Waals surface area contributed by atoms with Gasteiger partial charge in [0.1, 0.15) is 5.75 Å². The average molecular weight is 413 g/mol. The lowest BCUT2D eigenvalue weighted by molar-refractivity contribution is -0.123. The molecule has 0 heterocycles. The summed E-state index contributed by atoms with van der Waals surface area (Å²) in [6.45, 7) is 1.49. The third kappa shape index (κ3) is 4.49. The second-order valence-electron chi connectivity index (χ2n) is 4.87. The first kappa shape index (κ1) is 18.3. The van der Waals surface area contributed by atoms with Crippen LogP contribution in [-0.4, -0.2) is 25.1 Å². The summed E-state index contributed by atoms with van der Waals surface area (Å²) in [5.74, 6) is -0.486. The minimum absolute atomic E-state index is 0.306. The summed E-state index contributed by atoms with van der Waals surface area (Å²) in [5, 5.41) is 3.03. The van der Waals surface area contributed by atoms with Gasteiger partial charge in [-0.15, -0.1) is 0 Å². The van der Waals surface area contributed by atoms with Crippen LogP contribution in [0.5, 0.6) is 5.75 Å². The van der Waals surface area contributed by atoms with E-state index in [1.54, 1.807) is 42.5 Å². The Hall–Kier alpha value is -2.05. The molecular weight excluding hydrogens is 398 g/mol. The molecule has 0 unspecified atom stereocenters. The second-order valence-corrected chi connectivity index (χ2v) is 6.13. The molecule has 0 saturated carbocycles. The van der Waals surface area contributed by atoms with E-state index >= 15 is 0 Å². The second kappa shape index (κ2) is 8.17. The number of hydrogen-bond acceptors (Lipinski definition) is 4. The summed E-state index contributed by atoms with van der Waals surface area (Å²) < 4.78 is 10.9. The molecule has 0 aromatic heterocycles. The monoisotopic (exact) mass is 411 g/mol. The van der Waals surface area contributed by atoms with E-state index in [1.165, 1.54) is 14.0 Å². The fraction of sp³-hybridized carbons (Fsp3) is 0.176. The van der Waals surface area contributed by atoms with Crippen LogP contribution in [0.3, 0.4) is 0 Å². The van der Waals surface area contributed by atoms with E-state index < -0.39 is 18.0 Å². The van der Waals surface area contributed by atoms with Crippen LogP contribution in [0.25, 0.3) is 0 Å². The lowest BCUT2D eigenvalue weighted by Gasteiger charge is -2.14. The summed E-state index contributed by atoms with van der Waals surface area (Å²) >= 11 is 9.28. The zero-order valence-corrected chi connectivity index (χ0v) is 15.3. The normalized spacial score (nSPS) is 11.5. The molecule has 0 radical (unpaired) electrons. The number of carbonyl (C=O) groups excluding carboxylic acids is 2. The van der Waals surface area contributed by atoms with Crippen LogP contribution in [0.4, 0.5) is 5.69 Å². The Labute approximate surface area is 153 Å². The number of rotatable bonds is 5. The summed E-state index contributed by atoms with van der Waals surface area (Å²) in [7, 11) is 1.53. The number of carbonyl (C=O) groups is 2. The highest BCUT2D eigenvalue weighted by atomic mass is 79.9. The summed E-state index contributed by atoms with van der Waals surface area (Å²) in [6.07, 6.45) is -0.977. The average Bonchev–Trinajstić information content (AvgIpc) is 2.56. The number of halogens is 2. The van der Waals surface area contributed by atoms with Crippen LogP contribution in [0.1, 0.15) is 17.3 Å². The maximum atomic E-state index is 12.1. The third-order valence-corrected chi connectivity index (χ3v) is 4.12. The van der Waals surface area contributed by atoms with Crippen LogP contribution < -0.4 is 10.1 Å². The molecule has 0 aliphatic carbocycles. The topological polar surface area (TPSA) is 64.6 Å². The molecule has 1 atom stereocenters. The summed E-state index contributed by atoms with van der Waals surface area (Å²) in [5.41, 5.74) is 0.763. The van der Waals surface area contributed by atoms with Gasteiger partial charge in [-0.3, -0.25) is 4.79 Å². The number of esters is 1. The van der Waals surface area contributed by atoms with Crippen molar-refractivity contribution in [1.82, 2.24) is 0 Å². The van der Waals surface area contributed by atoms with Crippen LogP contribution >= 0.6 is 27.5 Å². The minimum atomic E-state index is -0.977. The van der Waals surface area contributed by atoms with E-state index in [-0.39, 0.29) is 0 Å². The number of nitrogens with one attached hydrogen (secondary N) is 1. The number of methoxy groups -OCH3 is 1. The Morgan fingerprint density at radius 3 is 2.54 bits per heavy atom. The molecule has 0 saturated heterocycles. The largest absolute Gasteiger partial charge is 0.496 e. The van der Waals surface area contributed by atoms with Gasteiger partial charge in [0.15, 0.2) is 6.10 Å². The Bertz CT molecular complexity index is 766. The molecule has 24 heavy (non-hydrogen) atoms. The predicted octanol–water partition coefficient (Wildman–Crippen LogP) is 4.30. The van der Waals surface area contributed by atoms with Crippen LogP contribution in [0, 0.1) is 0 Å². The van der Waals surface area contributed by atoms with E-state index in [0.717, 1.165) is 0 Å². The fourth-order valence-electron chi connectivity index (χ4n) is 1.87. The van der Waals surface area contributed by atoms with Gasteiger partial charge in [0.25, 0.3) is 5.91 Å². The van der Waals surface area contributed by atoms with Crippen molar-refractivity contribution >= 4 is 45.1 Å². The molecule has 7 heteroatoms. The molecule has 0 fully saturated rings. The van der Waals surface area contributed by atoms with Gasteiger partial charge >= 0.3 is 5.97 Å². The Kier molecular flexibility index (Phi) is 6.23. The van der Waals surface area contributed by atoms with Gasteiger partial charge < -0.3 is 14.8 Å². The fourth-order valence-corrected chi connectivity index (χ4v) is 2.60. The zero-order valence-electron chi connectivity index (χ0n) is 13.0. The molecule has 126 valence electrons. The Balaban J connectivity index is 2.02. The molecule has 2 aromatic carbocycles. The first-order chi connectivity index (χ1) is 11.4. The first-order valence-corrected chi connectivity index (χ1v) is 8.19. The number of amides is 1. The lowest BCUT2D eigenvalue weighted by atomic mass is 10.2. The van der Waals surface area contributed by atoms with E-state index in [0.29, 0.717) is 26.5 Å². The van der Waals surface area contributed by atoms with Gasteiger partial charge in [0, 0.05) is 0 Å². The summed E-state index contributed by atoms with van der Waals surface area (Å²) in [4.78, 5) is 24.3. The van der Waals surface area contributed by atoms with Gasteiger partial charge in [-0.05, 0) is 53.2 Å². The number of benzene rings is 2. The van der Waals surface area contributed by atoms with Crippen molar-refractivity contribution in [1.29, 1.82) is 0 Å². The molecule has 2 aromatic rings.